The van der Waals surface area contributed by atoms with Crippen LogP contribution in [0.5, 0.6) is 0 Å². The second-order valence-electron chi connectivity index (χ2n) is 13.9. The summed E-state index contributed by atoms with van der Waals surface area (Å²) in [6.07, 6.45) is 0. The van der Waals surface area contributed by atoms with Gasteiger partial charge in [0.1, 0.15) is 0 Å². The highest BCUT2D eigenvalue weighted by Gasteiger charge is 2.38. The number of nitrogens with zero attached hydrogens (tertiary/aromatic N) is 2. The topological polar surface area (TPSA) is 74.8 Å². The van der Waals surface area contributed by atoms with E-state index in [-0.39, 0.29) is 28.6 Å². The first kappa shape index (κ1) is 31.0. The second kappa shape index (κ2) is 11.0. The summed E-state index contributed by atoms with van der Waals surface area (Å²) in [5.74, 6) is -1.48. The van der Waals surface area contributed by atoms with Crippen molar-refractivity contribution in [3.63, 3.8) is 0 Å². The summed E-state index contributed by atoms with van der Waals surface area (Å²) >= 11 is 0. The van der Waals surface area contributed by atoms with Gasteiger partial charge in [0.25, 0.3) is 23.6 Å². The Labute approximate surface area is 280 Å². The fraction of sp³-hybridized carbons (Fsp3) is 0.190. The van der Waals surface area contributed by atoms with Crippen molar-refractivity contribution in [2.45, 2.75) is 45.4 Å². The molecule has 2 aliphatic heterocycles. The Morgan fingerprint density at radius 3 is 1.44 bits per heavy atom. The third-order valence-corrected chi connectivity index (χ3v) is 10.2. The number of rotatable bonds is 6. The van der Waals surface area contributed by atoms with Crippen LogP contribution >= 0.6 is 0 Å². The number of hydrogen-bond donors (Lipinski definition) is 0. The second-order valence-corrected chi connectivity index (χ2v) is 13.9. The zero-order chi connectivity index (χ0) is 34.1. The number of imide groups is 2. The molecule has 0 atom stereocenters. The van der Waals surface area contributed by atoms with E-state index in [0.29, 0.717) is 39.1 Å². The first-order valence-electron chi connectivity index (χ1n) is 16.1. The van der Waals surface area contributed by atoms with Crippen molar-refractivity contribution in [1.82, 2.24) is 4.90 Å². The van der Waals surface area contributed by atoms with E-state index in [0.717, 1.165) is 10.5 Å². The van der Waals surface area contributed by atoms with Crippen LogP contribution < -0.4 is 4.90 Å². The molecule has 0 saturated carbocycles. The molecule has 0 bridgehead atoms. The highest BCUT2D eigenvalue weighted by Crippen LogP contribution is 2.39. The SMILES string of the molecule is Cc1ccc(C(C)(C)c2cccc(C(C)(C)c3ccc(N4C(=O)c5ccc(-c6ccc7c(c6)C(=O)N(C)C7=O)cc5C4=O)cc3)c2)cc1. The smallest absolute Gasteiger partial charge is 0.266 e. The quantitative estimate of drug-likeness (QED) is 0.176. The molecule has 238 valence electrons. The van der Waals surface area contributed by atoms with E-state index in [1.807, 2.05) is 24.3 Å². The summed E-state index contributed by atoms with van der Waals surface area (Å²) in [4.78, 5) is 54.4. The zero-order valence-electron chi connectivity index (χ0n) is 27.9. The Bertz CT molecular complexity index is 2180. The molecule has 6 nitrogen and oxygen atoms in total. The van der Waals surface area contributed by atoms with Crippen molar-refractivity contribution in [3.8, 4) is 11.1 Å². The maximum atomic E-state index is 13.7. The molecule has 0 N–H and O–H groups in total. The van der Waals surface area contributed by atoms with Crippen molar-refractivity contribution >= 4 is 29.3 Å². The van der Waals surface area contributed by atoms with Gasteiger partial charge in [0, 0.05) is 17.9 Å². The Kier molecular flexibility index (Phi) is 7.09. The molecule has 4 amide bonds. The van der Waals surface area contributed by atoms with E-state index >= 15 is 0 Å². The zero-order valence-corrected chi connectivity index (χ0v) is 27.9. The highest BCUT2D eigenvalue weighted by atomic mass is 16.2. The fourth-order valence-corrected chi connectivity index (χ4v) is 6.82. The van der Waals surface area contributed by atoms with E-state index in [2.05, 4.69) is 83.1 Å². The first-order chi connectivity index (χ1) is 22.8. The molecule has 7 rings (SSSR count). The molecule has 0 aromatic heterocycles. The van der Waals surface area contributed by atoms with E-state index in [4.69, 9.17) is 0 Å². The van der Waals surface area contributed by atoms with E-state index in [9.17, 15) is 19.2 Å². The summed E-state index contributed by atoms with van der Waals surface area (Å²) in [7, 11) is 1.46. The van der Waals surface area contributed by atoms with Gasteiger partial charge in [-0.1, -0.05) is 106 Å². The first-order valence-corrected chi connectivity index (χ1v) is 16.1. The number of carbonyl (C=O) groups excluding carboxylic acids is 4. The number of fused-ring (bicyclic) bond motifs is 2. The predicted molar refractivity (Wildman–Crippen MR) is 188 cm³/mol. The van der Waals surface area contributed by atoms with Crippen LogP contribution in [0.4, 0.5) is 5.69 Å². The minimum Gasteiger partial charge on any atom is -0.277 e. The van der Waals surface area contributed by atoms with Crippen LogP contribution in [0.15, 0.2) is 109 Å². The van der Waals surface area contributed by atoms with Crippen LogP contribution in [-0.4, -0.2) is 35.6 Å². The molecule has 5 aromatic rings. The van der Waals surface area contributed by atoms with Gasteiger partial charge in [-0.2, -0.15) is 0 Å². The van der Waals surface area contributed by atoms with E-state index in [1.165, 1.54) is 34.2 Å². The van der Waals surface area contributed by atoms with Gasteiger partial charge >= 0.3 is 0 Å². The van der Waals surface area contributed by atoms with Crippen LogP contribution in [0.2, 0.25) is 0 Å². The number of aryl methyl sites for hydroxylation is 1. The molecule has 48 heavy (non-hydrogen) atoms. The maximum Gasteiger partial charge on any atom is 0.266 e. The number of anilines is 1. The van der Waals surface area contributed by atoms with Gasteiger partial charge in [0.15, 0.2) is 0 Å². The van der Waals surface area contributed by atoms with E-state index in [1.54, 1.807) is 36.4 Å². The summed E-state index contributed by atoms with van der Waals surface area (Å²) in [6, 6.07) is 35.2. The normalized spacial score (nSPS) is 14.5. The predicted octanol–water partition coefficient (Wildman–Crippen LogP) is 8.34. The van der Waals surface area contributed by atoms with Gasteiger partial charge in [0.05, 0.1) is 27.9 Å². The molecular formula is C42H36N2O4. The molecular weight excluding hydrogens is 596 g/mol. The van der Waals surface area contributed by atoms with Crippen LogP contribution in [0.25, 0.3) is 11.1 Å². The number of hydrogen-bond acceptors (Lipinski definition) is 4. The monoisotopic (exact) mass is 632 g/mol. The molecule has 0 unspecified atom stereocenters. The van der Waals surface area contributed by atoms with E-state index < -0.39 is 5.91 Å². The van der Waals surface area contributed by atoms with Crippen LogP contribution in [0.1, 0.15) is 96.9 Å². The molecule has 2 aliphatic rings. The molecule has 0 radical (unpaired) electrons. The molecule has 0 spiro atoms. The summed E-state index contributed by atoms with van der Waals surface area (Å²) in [5, 5.41) is 0. The Balaban J connectivity index is 1.15. The van der Waals surface area contributed by atoms with Crippen molar-refractivity contribution in [2.75, 3.05) is 11.9 Å². The van der Waals surface area contributed by atoms with Gasteiger partial charge in [-0.25, -0.2) is 4.90 Å². The average Bonchev–Trinajstić information content (AvgIpc) is 3.47. The molecule has 0 saturated heterocycles. The van der Waals surface area contributed by atoms with Crippen molar-refractivity contribution in [1.29, 1.82) is 0 Å². The lowest BCUT2D eigenvalue weighted by molar-refractivity contribution is 0.0692. The Hall–Kier alpha value is -5.62. The standard InChI is InChI=1S/C42H36N2O4/c1-25-10-14-28(15-11-25)41(2,3)30-8-7-9-31(24-30)42(4,5)29-16-18-32(19-17-29)44-39(47)34-21-13-27(23-36(34)40(44)48)26-12-20-33-35(22-26)38(46)43(6)37(33)45/h7-24H,1-6H3. The Morgan fingerprint density at radius 2 is 0.896 bits per heavy atom. The van der Waals surface area contributed by atoms with Gasteiger partial charge in [-0.3, -0.25) is 24.1 Å². The molecule has 2 heterocycles. The lowest BCUT2D eigenvalue weighted by Gasteiger charge is -2.31. The minimum atomic E-state index is -0.401. The molecule has 6 heteroatoms. The van der Waals surface area contributed by atoms with Crippen molar-refractivity contribution in [2.24, 2.45) is 0 Å². The number of carbonyl (C=O) groups is 4. The summed E-state index contributed by atoms with van der Waals surface area (Å²) in [6.45, 7) is 11.0. The average molecular weight is 633 g/mol. The van der Waals surface area contributed by atoms with Crippen LogP contribution in [0, 0.1) is 6.92 Å². The largest absolute Gasteiger partial charge is 0.277 e. The maximum absolute atomic E-state index is 13.7. The summed E-state index contributed by atoms with van der Waals surface area (Å²) in [5.41, 5.74) is 8.61. The van der Waals surface area contributed by atoms with Crippen molar-refractivity contribution < 1.29 is 19.2 Å². The molecule has 0 aliphatic carbocycles. The van der Waals surface area contributed by atoms with Gasteiger partial charge < -0.3 is 0 Å². The third-order valence-electron chi connectivity index (χ3n) is 10.2. The molecule has 0 fully saturated rings. The minimum absolute atomic E-state index is 0.178. The van der Waals surface area contributed by atoms with Gasteiger partial charge in [-0.15, -0.1) is 0 Å². The van der Waals surface area contributed by atoms with Crippen LogP contribution in [-0.2, 0) is 10.8 Å². The number of benzene rings is 5. The lowest BCUT2D eigenvalue weighted by Crippen LogP contribution is -2.29. The van der Waals surface area contributed by atoms with Gasteiger partial charge in [-0.05, 0) is 76.7 Å². The third kappa shape index (κ3) is 4.79. The van der Waals surface area contributed by atoms with Gasteiger partial charge in [0.2, 0.25) is 0 Å². The number of amides is 4. The Morgan fingerprint density at radius 1 is 0.458 bits per heavy atom. The fourth-order valence-electron chi connectivity index (χ4n) is 6.82. The lowest BCUT2D eigenvalue weighted by atomic mass is 9.73. The van der Waals surface area contributed by atoms with Crippen molar-refractivity contribution in [3.05, 3.63) is 159 Å². The highest BCUT2D eigenvalue weighted by molar-refractivity contribution is 6.34. The van der Waals surface area contributed by atoms with Crippen LogP contribution in [0.3, 0.4) is 0 Å². The molecule has 5 aromatic carbocycles. The summed E-state index contributed by atoms with van der Waals surface area (Å²) < 4.78 is 0.